The largest absolute Gasteiger partial charge is 0.338 e. The zero-order valence-electron chi connectivity index (χ0n) is 13.7. The summed E-state index contributed by atoms with van der Waals surface area (Å²) in [6, 6.07) is 7.57. The lowest BCUT2D eigenvalue weighted by molar-refractivity contribution is 0.0706. The maximum Gasteiger partial charge on any atom is 0.317 e. The number of benzene rings is 1. The number of hydrogen-bond acceptors (Lipinski definition) is 2. The van der Waals surface area contributed by atoms with Crippen LogP contribution in [0, 0.1) is 0 Å². The number of carbonyl (C=O) groups excluding carboxylic acids is 2. The minimum Gasteiger partial charge on any atom is -0.338 e. The molecule has 0 spiro atoms. The van der Waals surface area contributed by atoms with E-state index in [2.05, 4.69) is 21.2 Å². The van der Waals surface area contributed by atoms with Gasteiger partial charge in [-0.1, -0.05) is 15.9 Å². The average Bonchev–Trinajstić information content (AvgIpc) is 2.57. The van der Waals surface area contributed by atoms with Crippen LogP contribution in [0.2, 0.25) is 0 Å². The van der Waals surface area contributed by atoms with Crippen molar-refractivity contribution in [3.8, 4) is 0 Å². The lowest BCUT2D eigenvalue weighted by Gasteiger charge is -2.33. The van der Waals surface area contributed by atoms with Crippen LogP contribution >= 0.6 is 15.9 Å². The summed E-state index contributed by atoms with van der Waals surface area (Å²) in [5, 5.41) is 3.07. The minimum atomic E-state index is -0.00677. The van der Waals surface area contributed by atoms with Crippen LogP contribution in [-0.4, -0.2) is 54.0 Å². The summed E-state index contributed by atoms with van der Waals surface area (Å²) >= 11 is 3.38. The van der Waals surface area contributed by atoms with Crippen LogP contribution in [0.4, 0.5) is 4.79 Å². The third kappa shape index (κ3) is 4.70. The van der Waals surface area contributed by atoms with Crippen molar-refractivity contribution in [2.24, 2.45) is 0 Å². The van der Waals surface area contributed by atoms with Crippen molar-refractivity contribution in [2.45, 2.75) is 32.7 Å². The molecule has 0 atom stereocenters. The van der Waals surface area contributed by atoms with Gasteiger partial charge in [0.25, 0.3) is 5.91 Å². The Morgan fingerprint density at radius 3 is 2.26 bits per heavy atom. The van der Waals surface area contributed by atoms with E-state index in [1.807, 2.05) is 43.0 Å². The zero-order chi connectivity index (χ0) is 16.8. The summed E-state index contributed by atoms with van der Waals surface area (Å²) in [5.41, 5.74) is 0.707. The fourth-order valence-corrected chi connectivity index (χ4v) is 3.04. The van der Waals surface area contributed by atoms with Gasteiger partial charge in [-0.2, -0.15) is 0 Å². The van der Waals surface area contributed by atoms with E-state index >= 15 is 0 Å². The van der Waals surface area contributed by atoms with E-state index in [1.165, 1.54) is 0 Å². The number of urea groups is 1. The van der Waals surface area contributed by atoms with Gasteiger partial charge in [0.05, 0.1) is 0 Å². The van der Waals surface area contributed by atoms with Crippen LogP contribution in [0.15, 0.2) is 28.7 Å². The second-order valence-corrected chi connectivity index (χ2v) is 6.61. The number of halogens is 1. The monoisotopic (exact) mass is 381 g/mol. The smallest absolute Gasteiger partial charge is 0.317 e. The second kappa shape index (κ2) is 8.34. The molecule has 1 heterocycles. The summed E-state index contributed by atoms with van der Waals surface area (Å²) in [6.07, 6.45) is 1.60. The quantitative estimate of drug-likeness (QED) is 0.870. The predicted octanol–water partition coefficient (Wildman–Crippen LogP) is 3.11. The second-order valence-electron chi connectivity index (χ2n) is 5.70. The van der Waals surface area contributed by atoms with Crippen LogP contribution in [0.25, 0.3) is 0 Å². The van der Waals surface area contributed by atoms with Crippen LogP contribution in [0.1, 0.15) is 37.0 Å². The summed E-state index contributed by atoms with van der Waals surface area (Å²) in [7, 11) is 0. The van der Waals surface area contributed by atoms with Crippen molar-refractivity contribution in [1.82, 2.24) is 15.1 Å². The molecule has 0 aliphatic carbocycles. The standard InChI is InChI=1S/C17H24BrN3O2/c1-3-20(4-2)17(23)19-15-9-11-21(12-10-15)16(22)13-5-7-14(18)8-6-13/h5-8,15H,3-4,9-12H2,1-2H3,(H,19,23). The van der Waals surface area contributed by atoms with E-state index in [-0.39, 0.29) is 18.0 Å². The third-order valence-corrected chi connectivity index (χ3v) is 4.78. The first-order valence-corrected chi connectivity index (χ1v) is 8.94. The van der Waals surface area contributed by atoms with Gasteiger partial charge in [-0.25, -0.2) is 4.79 Å². The topological polar surface area (TPSA) is 52.7 Å². The molecule has 0 unspecified atom stereocenters. The van der Waals surface area contributed by atoms with Crippen LogP contribution in [0.3, 0.4) is 0 Å². The molecule has 1 aromatic carbocycles. The van der Waals surface area contributed by atoms with E-state index in [0.717, 1.165) is 17.3 Å². The molecule has 0 saturated carbocycles. The zero-order valence-corrected chi connectivity index (χ0v) is 15.3. The van der Waals surface area contributed by atoms with Gasteiger partial charge in [0.1, 0.15) is 0 Å². The van der Waals surface area contributed by atoms with Crippen molar-refractivity contribution < 1.29 is 9.59 Å². The maximum absolute atomic E-state index is 12.5. The number of piperidine rings is 1. The molecule has 1 fully saturated rings. The SMILES string of the molecule is CCN(CC)C(=O)NC1CCN(C(=O)c2ccc(Br)cc2)CC1. The Morgan fingerprint density at radius 2 is 1.74 bits per heavy atom. The molecule has 0 bridgehead atoms. The fourth-order valence-electron chi connectivity index (χ4n) is 2.78. The van der Waals surface area contributed by atoms with E-state index in [9.17, 15) is 9.59 Å². The Bertz CT molecular complexity index is 535. The summed E-state index contributed by atoms with van der Waals surface area (Å²) in [5.74, 6) is 0.0611. The molecular weight excluding hydrogens is 358 g/mol. The summed E-state index contributed by atoms with van der Waals surface area (Å²) < 4.78 is 0.965. The molecule has 1 aliphatic heterocycles. The first-order valence-electron chi connectivity index (χ1n) is 8.15. The molecular formula is C17H24BrN3O2. The van der Waals surface area contributed by atoms with Crippen molar-refractivity contribution in [3.05, 3.63) is 34.3 Å². The Kier molecular flexibility index (Phi) is 6.45. The van der Waals surface area contributed by atoms with Gasteiger partial charge >= 0.3 is 6.03 Å². The molecule has 2 rings (SSSR count). The van der Waals surface area contributed by atoms with Crippen LogP contribution in [-0.2, 0) is 0 Å². The molecule has 23 heavy (non-hydrogen) atoms. The molecule has 6 heteroatoms. The molecule has 126 valence electrons. The highest BCUT2D eigenvalue weighted by Gasteiger charge is 2.25. The molecule has 1 aliphatic rings. The Balaban J connectivity index is 1.85. The summed E-state index contributed by atoms with van der Waals surface area (Å²) in [6.45, 7) is 6.73. The highest BCUT2D eigenvalue weighted by Crippen LogP contribution is 2.16. The first kappa shape index (κ1) is 17.8. The lowest BCUT2D eigenvalue weighted by atomic mass is 10.0. The Hall–Kier alpha value is -1.56. The van der Waals surface area contributed by atoms with E-state index in [1.54, 1.807) is 4.90 Å². The molecule has 1 N–H and O–H groups in total. The molecule has 1 aromatic rings. The molecule has 3 amide bonds. The van der Waals surface area contributed by atoms with E-state index < -0.39 is 0 Å². The van der Waals surface area contributed by atoms with Crippen molar-refractivity contribution >= 4 is 27.9 Å². The third-order valence-electron chi connectivity index (χ3n) is 4.25. The van der Waals surface area contributed by atoms with Gasteiger partial charge in [0, 0.05) is 42.3 Å². The van der Waals surface area contributed by atoms with Gasteiger partial charge in [0.15, 0.2) is 0 Å². The molecule has 0 aromatic heterocycles. The number of amides is 3. The number of rotatable bonds is 4. The molecule has 0 radical (unpaired) electrons. The van der Waals surface area contributed by atoms with Gasteiger partial charge in [-0.05, 0) is 51.0 Å². The lowest BCUT2D eigenvalue weighted by Crippen LogP contribution is -2.50. The highest BCUT2D eigenvalue weighted by atomic mass is 79.9. The maximum atomic E-state index is 12.5. The predicted molar refractivity (Wildman–Crippen MR) is 94.5 cm³/mol. The van der Waals surface area contributed by atoms with Crippen molar-refractivity contribution in [3.63, 3.8) is 0 Å². The minimum absolute atomic E-state index is 0.00677. The number of carbonyl (C=O) groups is 2. The Morgan fingerprint density at radius 1 is 1.17 bits per heavy atom. The van der Waals surface area contributed by atoms with Crippen LogP contribution in [0.5, 0.6) is 0 Å². The van der Waals surface area contributed by atoms with Crippen LogP contribution < -0.4 is 5.32 Å². The fraction of sp³-hybridized carbons (Fsp3) is 0.529. The summed E-state index contributed by atoms with van der Waals surface area (Å²) in [4.78, 5) is 28.2. The normalized spacial score (nSPS) is 15.3. The first-order chi connectivity index (χ1) is 11.0. The highest BCUT2D eigenvalue weighted by molar-refractivity contribution is 9.10. The number of nitrogens with zero attached hydrogens (tertiary/aromatic N) is 2. The van der Waals surface area contributed by atoms with Crippen molar-refractivity contribution in [2.75, 3.05) is 26.2 Å². The van der Waals surface area contributed by atoms with E-state index in [0.29, 0.717) is 31.7 Å². The van der Waals surface area contributed by atoms with Gasteiger partial charge in [-0.3, -0.25) is 4.79 Å². The Labute approximate surface area is 146 Å². The van der Waals surface area contributed by atoms with Gasteiger partial charge in [0.2, 0.25) is 0 Å². The number of hydrogen-bond donors (Lipinski definition) is 1. The van der Waals surface area contributed by atoms with Gasteiger partial charge in [-0.15, -0.1) is 0 Å². The molecule has 1 saturated heterocycles. The number of likely N-dealkylation sites (tertiary alicyclic amines) is 1. The van der Waals surface area contributed by atoms with Gasteiger partial charge < -0.3 is 15.1 Å². The molecule has 5 nitrogen and oxygen atoms in total. The van der Waals surface area contributed by atoms with E-state index in [4.69, 9.17) is 0 Å². The average molecular weight is 382 g/mol. The number of nitrogens with one attached hydrogen (secondary N) is 1. The van der Waals surface area contributed by atoms with Crippen molar-refractivity contribution in [1.29, 1.82) is 0 Å².